The maximum absolute atomic E-state index is 6.31. The Morgan fingerprint density at radius 2 is 1.84 bits per heavy atom. The second kappa shape index (κ2) is 8.85. The molecule has 5 rings (SSSR count). The standard InChI is InChI=1S/C23H27N7O/c1-2-3-12-30-23(25-26-27-30)22(21-17-18-6-4-5-7-20(18)31-21)29-15-13-28(14-16-29)19-8-10-24-11-9-19/h4-11,17,22H,2-3,12-16H2,1H3. The highest BCUT2D eigenvalue weighted by Crippen LogP contribution is 2.33. The molecule has 0 amide bonds. The van der Waals surface area contributed by atoms with E-state index in [1.807, 2.05) is 35.3 Å². The van der Waals surface area contributed by atoms with Crippen LogP contribution >= 0.6 is 0 Å². The van der Waals surface area contributed by atoms with Crippen molar-refractivity contribution in [3.63, 3.8) is 0 Å². The molecule has 0 aliphatic carbocycles. The van der Waals surface area contributed by atoms with E-state index in [2.05, 4.69) is 61.5 Å². The van der Waals surface area contributed by atoms with Gasteiger partial charge < -0.3 is 9.32 Å². The first-order valence-corrected chi connectivity index (χ1v) is 11.0. The fourth-order valence-electron chi connectivity index (χ4n) is 4.28. The number of piperazine rings is 1. The van der Waals surface area contributed by atoms with Crippen LogP contribution in [0.3, 0.4) is 0 Å². The number of para-hydroxylation sites is 1. The topological polar surface area (TPSA) is 76.1 Å². The van der Waals surface area contributed by atoms with Crippen molar-refractivity contribution in [3.05, 3.63) is 66.4 Å². The van der Waals surface area contributed by atoms with Crippen molar-refractivity contribution in [1.82, 2.24) is 30.1 Å². The second-order valence-electron chi connectivity index (χ2n) is 7.93. The van der Waals surface area contributed by atoms with E-state index >= 15 is 0 Å². The summed E-state index contributed by atoms with van der Waals surface area (Å²) >= 11 is 0. The first-order valence-electron chi connectivity index (χ1n) is 11.0. The van der Waals surface area contributed by atoms with Gasteiger partial charge in [-0.2, -0.15) is 0 Å². The third kappa shape index (κ3) is 4.03. The summed E-state index contributed by atoms with van der Waals surface area (Å²) in [5, 5.41) is 13.8. The summed E-state index contributed by atoms with van der Waals surface area (Å²) in [5.74, 6) is 1.75. The zero-order chi connectivity index (χ0) is 21.0. The van der Waals surface area contributed by atoms with Crippen LogP contribution in [0.4, 0.5) is 5.69 Å². The molecule has 0 bridgehead atoms. The minimum absolute atomic E-state index is 0.112. The molecule has 8 heteroatoms. The minimum Gasteiger partial charge on any atom is -0.459 e. The van der Waals surface area contributed by atoms with E-state index in [1.165, 1.54) is 5.69 Å². The van der Waals surface area contributed by atoms with Gasteiger partial charge in [-0.3, -0.25) is 9.88 Å². The summed E-state index contributed by atoms with van der Waals surface area (Å²) in [5.41, 5.74) is 2.10. The number of fused-ring (bicyclic) bond motifs is 1. The zero-order valence-corrected chi connectivity index (χ0v) is 17.8. The Hall–Kier alpha value is -3.26. The normalized spacial score (nSPS) is 16.1. The summed E-state index contributed by atoms with van der Waals surface area (Å²) in [7, 11) is 0. The minimum atomic E-state index is -0.112. The monoisotopic (exact) mass is 417 g/mol. The fourth-order valence-corrected chi connectivity index (χ4v) is 4.28. The van der Waals surface area contributed by atoms with E-state index in [0.29, 0.717) is 0 Å². The Balaban J connectivity index is 1.45. The predicted molar refractivity (Wildman–Crippen MR) is 119 cm³/mol. The molecule has 3 aromatic heterocycles. The lowest BCUT2D eigenvalue weighted by molar-refractivity contribution is 0.182. The molecule has 0 saturated carbocycles. The largest absolute Gasteiger partial charge is 0.459 e. The number of anilines is 1. The van der Waals surface area contributed by atoms with Crippen LogP contribution < -0.4 is 4.90 Å². The number of nitrogens with zero attached hydrogens (tertiary/aromatic N) is 7. The molecule has 4 heterocycles. The first kappa shape index (κ1) is 19.7. The molecule has 0 radical (unpaired) electrons. The third-order valence-electron chi connectivity index (χ3n) is 5.95. The number of hydrogen-bond donors (Lipinski definition) is 0. The van der Waals surface area contributed by atoms with Crippen molar-refractivity contribution >= 4 is 16.7 Å². The number of pyridine rings is 1. The summed E-state index contributed by atoms with van der Waals surface area (Å²) in [6, 6.07) is 14.3. The van der Waals surface area contributed by atoms with Crippen LogP contribution in [0, 0.1) is 0 Å². The van der Waals surface area contributed by atoms with Gasteiger partial charge in [0.05, 0.1) is 0 Å². The van der Waals surface area contributed by atoms with Gasteiger partial charge in [-0.1, -0.05) is 31.5 Å². The lowest BCUT2D eigenvalue weighted by Gasteiger charge is -2.39. The third-order valence-corrected chi connectivity index (χ3v) is 5.95. The number of tetrazole rings is 1. The van der Waals surface area contributed by atoms with E-state index in [4.69, 9.17) is 4.42 Å². The molecule has 1 fully saturated rings. The molecule has 1 aliphatic heterocycles. The summed E-state index contributed by atoms with van der Waals surface area (Å²) in [6.45, 7) is 6.63. The van der Waals surface area contributed by atoms with Gasteiger partial charge in [0, 0.05) is 56.2 Å². The highest BCUT2D eigenvalue weighted by molar-refractivity contribution is 5.77. The number of benzene rings is 1. The molecule has 1 aromatic carbocycles. The maximum Gasteiger partial charge on any atom is 0.176 e. The van der Waals surface area contributed by atoms with E-state index < -0.39 is 0 Å². The lowest BCUT2D eigenvalue weighted by Crippen LogP contribution is -2.48. The summed E-state index contributed by atoms with van der Waals surface area (Å²) < 4.78 is 8.25. The Morgan fingerprint density at radius 3 is 2.61 bits per heavy atom. The van der Waals surface area contributed by atoms with Crippen LogP contribution in [0.25, 0.3) is 11.0 Å². The van der Waals surface area contributed by atoms with Crippen LogP contribution in [0.1, 0.15) is 37.4 Å². The van der Waals surface area contributed by atoms with E-state index in [9.17, 15) is 0 Å². The molecule has 31 heavy (non-hydrogen) atoms. The first-order chi connectivity index (χ1) is 15.3. The van der Waals surface area contributed by atoms with Crippen molar-refractivity contribution in [2.24, 2.45) is 0 Å². The van der Waals surface area contributed by atoms with Gasteiger partial charge in [0.25, 0.3) is 0 Å². The van der Waals surface area contributed by atoms with Crippen LogP contribution in [0.15, 0.2) is 59.3 Å². The Morgan fingerprint density at radius 1 is 1.03 bits per heavy atom. The van der Waals surface area contributed by atoms with Crippen molar-refractivity contribution < 1.29 is 4.42 Å². The average Bonchev–Trinajstić information content (AvgIpc) is 3.46. The van der Waals surface area contributed by atoms with Gasteiger partial charge in [-0.15, -0.1) is 5.10 Å². The number of aromatic nitrogens is 5. The predicted octanol–water partition coefficient (Wildman–Crippen LogP) is 3.53. The van der Waals surface area contributed by atoms with E-state index in [1.54, 1.807) is 0 Å². The maximum atomic E-state index is 6.31. The number of aryl methyl sites for hydroxylation is 1. The van der Waals surface area contributed by atoms with Crippen molar-refractivity contribution in [1.29, 1.82) is 0 Å². The van der Waals surface area contributed by atoms with Crippen LogP contribution in [0.2, 0.25) is 0 Å². The molecular formula is C23H27N7O. The van der Waals surface area contributed by atoms with Crippen LogP contribution in [0.5, 0.6) is 0 Å². The molecule has 1 saturated heterocycles. The average molecular weight is 418 g/mol. The highest BCUT2D eigenvalue weighted by atomic mass is 16.3. The Kier molecular flexibility index (Phi) is 5.62. The summed E-state index contributed by atoms with van der Waals surface area (Å²) in [6.07, 6.45) is 5.83. The van der Waals surface area contributed by atoms with Gasteiger partial charge in [0.15, 0.2) is 5.82 Å². The molecule has 4 aromatic rings. The number of hydrogen-bond acceptors (Lipinski definition) is 7. The number of rotatable bonds is 7. The molecule has 1 aliphatic rings. The molecule has 8 nitrogen and oxygen atoms in total. The Bertz CT molecular complexity index is 1080. The fraction of sp³-hybridized carbons (Fsp3) is 0.391. The highest BCUT2D eigenvalue weighted by Gasteiger charge is 2.33. The number of furan rings is 1. The summed E-state index contributed by atoms with van der Waals surface area (Å²) in [4.78, 5) is 8.97. The van der Waals surface area contributed by atoms with Crippen molar-refractivity contribution in [2.75, 3.05) is 31.1 Å². The number of unbranched alkanes of at least 4 members (excludes halogenated alkanes) is 1. The van der Waals surface area contributed by atoms with Gasteiger partial charge in [-0.25, -0.2) is 4.68 Å². The lowest BCUT2D eigenvalue weighted by atomic mass is 10.1. The van der Waals surface area contributed by atoms with Crippen molar-refractivity contribution in [2.45, 2.75) is 32.4 Å². The van der Waals surface area contributed by atoms with Gasteiger partial charge in [0.2, 0.25) is 0 Å². The second-order valence-corrected chi connectivity index (χ2v) is 7.93. The smallest absolute Gasteiger partial charge is 0.176 e. The van der Waals surface area contributed by atoms with E-state index in [-0.39, 0.29) is 6.04 Å². The molecule has 160 valence electrons. The van der Waals surface area contributed by atoms with Gasteiger partial charge in [0.1, 0.15) is 17.4 Å². The van der Waals surface area contributed by atoms with Crippen LogP contribution in [-0.2, 0) is 6.54 Å². The Labute approximate surface area is 181 Å². The quantitative estimate of drug-likeness (QED) is 0.455. The molecule has 1 unspecified atom stereocenters. The molecule has 1 atom stereocenters. The molecular weight excluding hydrogens is 390 g/mol. The van der Waals surface area contributed by atoms with Gasteiger partial charge in [-0.05, 0) is 41.1 Å². The van der Waals surface area contributed by atoms with E-state index in [0.717, 1.165) is 68.1 Å². The zero-order valence-electron chi connectivity index (χ0n) is 17.8. The molecule has 0 N–H and O–H groups in total. The van der Waals surface area contributed by atoms with Crippen LogP contribution in [-0.4, -0.2) is 56.3 Å². The molecule has 0 spiro atoms. The van der Waals surface area contributed by atoms with Crippen molar-refractivity contribution in [3.8, 4) is 0 Å². The van der Waals surface area contributed by atoms with Gasteiger partial charge >= 0.3 is 0 Å². The SMILES string of the molecule is CCCCn1nnnc1C(c1cc2ccccc2o1)N1CCN(c2ccncc2)CC1.